The normalized spacial score (nSPS) is 24.7. The lowest BCUT2D eigenvalue weighted by atomic mass is 10.1. The van der Waals surface area contributed by atoms with Crippen molar-refractivity contribution in [2.75, 3.05) is 0 Å². The Labute approximate surface area is 183 Å². The van der Waals surface area contributed by atoms with E-state index in [4.69, 9.17) is 15.0 Å². The van der Waals surface area contributed by atoms with Crippen LogP contribution in [0.1, 0.15) is 29.2 Å². The van der Waals surface area contributed by atoms with E-state index < -0.39 is 34.6 Å². The number of carbonyl (C=O) groups is 1. The van der Waals surface area contributed by atoms with Crippen molar-refractivity contribution in [2.24, 2.45) is 5.16 Å². The van der Waals surface area contributed by atoms with Gasteiger partial charge in [0, 0.05) is 12.0 Å². The van der Waals surface area contributed by atoms with Crippen molar-refractivity contribution in [3.05, 3.63) is 52.9 Å². The minimum absolute atomic E-state index is 0.0358. The van der Waals surface area contributed by atoms with E-state index in [-0.39, 0.29) is 26.8 Å². The number of thiophene rings is 1. The van der Waals surface area contributed by atoms with Crippen LogP contribution in [0, 0.1) is 0 Å². The van der Waals surface area contributed by atoms with Gasteiger partial charge in [-0.2, -0.15) is 13.2 Å². The van der Waals surface area contributed by atoms with E-state index in [0.717, 1.165) is 16.9 Å². The van der Waals surface area contributed by atoms with Gasteiger partial charge in [0.15, 0.2) is 0 Å². The van der Waals surface area contributed by atoms with Crippen LogP contribution >= 0.6 is 11.3 Å². The van der Waals surface area contributed by atoms with Crippen LogP contribution in [-0.4, -0.2) is 53.6 Å². The molecule has 174 valence electrons. The Kier molecular flexibility index (Phi) is 6.51. The zero-order valence-corrected chi connectivity index (χ0v) is 17.6. The summed E-state index contributed by atoms with van der Waals surface area (Å²) >= 11 is 0.776. The summed E-state index contributed by atoms with van der Waals surface area (Å²) in [6.07, 6.45) is -7.06. The Morgan fingerprint density at radius 1 is 1.19 bits per heavy atom. The molecule has 0 amide bonds. The molecule has 1 saturated carbocycles. The van der Waals surface area contributed by atoms with Crippen LogP contribution in [0.25, 0.3) is 0 Å². The molecule has 1 unspecified atom stereocenters. The van der Waals surface area contributed by atoms with E-state index in [9.17, 15) is 26.7 Å². The van der Waals surface area contributed by atoms with Crippen molar-refractivity contribution in [1.29, 1.82) is 0 Å². The van der Waals surface area contributed by atoms with Crippen LogP contribution in [0.2, 0.25) is 0 Å². The summed E-state index contributed by atoms with van der Waals surface area (Å²) in [4.78, 5) is 12.9. The molecule has 9 nitrogen and oxygen atoms in total. The number of alkyl halides is 3. The number of nitrogens with zero attached hydrogens (tertiary/aromatic N) is 1. The number of sulfonamides is 1. The largest absolute Gasteiger partial charge is 0.503 e. The summed E-state index contributed by atoms with van der Waals surface area (Å²) in [6.45, 7) is 0. The van der Waals surface area contributed by atoms with E-state index in [1.165, 1.54) is 12.1 Å². The number of rotatable bonds is 5. The quantitative estimate of drug-likeness (QED) is 0.499. The number of aliphatic hydroxyl groups is 1. The molecule has 2 heterocycles. The van der Waals surface area contributed by atoms with Crippen LogP contribution in [0.15, 0.2) is 51.8 Å². The molecule has 1 aliphatic carbocycles. The first-order chi connectivity index (χ1) is 14.8. The molecular formula is C18H17F3N2O7S2. The third-order valence-electron chi connectivity index (χ3n) is 4.61. The first-order valence-electron chi connectivity index (χ1n) is 8.96. The second-order valence-electron chi connectivity index (χ2n) is 6.97. The number of benzene rings is 1. The van der Waals surface area contributed by atoms with Crippen molar-refractivity contribution in [3.63, 3.8) is 0 Å². The predicted molar refractivity (Wildman–Crippen MR) is 106 cm³/mol. The molecule has 0 saturated heterocycles. The molecule has 4 N–H and O–H groups in total. The first-order valence-corrected chi connectivity index (χ1v) is 11.3. The van der Waals surface area contributed by atoms with Crippen LogP contribution in [0.4, 0.5) is 18.0 Å². The monoisotopic (exact) mass is 494 g/mol. The minimum Gasteiger partial charge on any atom is -0.450 e. The molecule has 1 aromatic carbocycles. The molecule has 14 heteroatoms. The molecule has 1 aromatic heterocycles. The van der Waals surface area contributed by atoms with Gasteiger partial charge in [-0.15, -0.1) is 11.3 Å². The predicted octanol–water partition coefficient (Wildman–Crippen LogP) is 3.18. The van der Waals surface area contributed by atoms with Gasteiger partial charge in [0.05, 0.1) is 11.3 Å². The Morgan fingerprint density at radius 3 is 2.38 bits per heavy atom. The molecule has 2 aromatic rings. The molecule has 2 aliphatic rings. The Bertz CT molecular complexity index is 1120. The maximum atomic E-state index is 12.8. The standard InChI is InChI=1S/C17H15F3N2O4S2.CH2O3/c18-17(19,20)16(23)9-13(21-26-16)14-6-7-15(27-14)28(24,25)22-12-8-11(12)10-4-2-1-3-5-10;2-1(3)4/h1-7,11-12,22-23H,8-9H2;(H2,2,3,4)/t11-,12+,16?;/m1./s1. The van der Waals surface area contributed by atoms with E-state index in [2.05, 4.69) is 14.7 Å². The molecule has 1 aliphatic heterocycles. The number of oxime groups is 1. The lowest BCUT2D eigenvalue weighted by Gasteiger charge is -2.22. The average Bonchev–Trinajstić information content (AvgIpc) is 3.08. The van der Waals surface area contributed by atoms with E-state index in [1.54, 1.807) is 0 Å². The fourth-order valence-corrected chi connectivity index (χ4v) is 5.57. The van der Waals surface area contributed by atoms with E-state index in [0.29, 0.717) is 6.42 Å². The molecule has 32 heavy (non-hydrogen) atoms. The second kappa shape index (κ2) is 8.69. The van der Waals surface area contributed by atoms with Crippen molar-refractivity contribution < 1.29 is 46.5 Å². The van der Waals surface area contributed by atoms with Gasteiger partial charge in [0.25, 0.3) is 0 Å². The Hall–Kier alpha value is -2.68. The highest BCUT2D eigenvalue weighted by atomic mass is 32.2. The third-order valence-corrected chi connectivity index (χ3v) is 7.73. The highest BCUT2D eigenvalue weighted by Crippen LogP contribution is 2.42. The summed E-state index contributed by atoms with van der Waals surface area (Å²) in [5.41, 5.74) is 0.894. The summed E-state index contributed by atoms with van der Waals surface area (Å²) < 4.78 is 66.1. The van der Waals surface area contributed by atoms with Gasteiger partial charge < -0.3 is 20.2 Å². The number of nitrogens with one attached hydrogen (secondary N) is 1. The molecule has 3 atom stereocenters. The summed E-state index contributed by atoms with van der Waals surface area (Å²) in [5, 5.41) is 26.7. The van der Waals surface area contributed by atoms with Crippen molar-refractivity contribution in [3.8, 4) is 0 Å². The van der Waals surface area contributed by atoms with Gasteiger partial charge in [-0.3, -0.25) is 0 Å². The first kappa shape index (κ1) is 24.0. The van der Waals surface area contributed by atoms with Crippen LogP contribution in [0.5, 0.6) is 0 Å². The highest BCUT2D eigenvalue weighted by Gasteiger charge is 2.60. The van der Waals surface area contributed by atoms with Gasteiger partial charge in [-0.1, -0.05) is 35.5 Å². The fraction of sp³-hybridized carbons (Fsp3) is 0.333. The zero-order valence-electron chi connectivity index (χ0n) is 16.0. The fourth-order valence-electron chi connectivity index (χ4n) is 2.98. The molecular weight excluding hydrogens is 477 g/mol. The molecule has 0 spiro atoms. The van der Waals surface area contributed by atoms with Gasteiger partial charge in [0.2, 0.25) is 10.0 Å². The Balaban J connectivity index is 0.000000668. The van der Waals surface area contributed by atoms with E-state index in [1.807, 2.05) is 30.3 Å². The van der Waals surface area contributed by atoms with Crippen molar-refractivity contribution in [1.82, 2.24) is 4.72 Å². The average molecular weight is 494 g/mol. The smallest absolute Gasteiger partial charge is 0.450 e. The van der Waals surface area contributed by atoms with Crippen molar-refractivity contribution >= 4 is 33.2 Å². The number of halogens is 3. The van der Waals surface area contributed by atoms with Gasteiger partial charge in [0.1, 0.15) is 9.92 Å². The number of hydrogen-bond acceptors (Lipinski definition) is 7. The van der Waals surface area contributed by atoms with Gasteiger partial charge in [-0.05, 0) is 24.1 Å². The maximum absolute atomic E-state index is 12.8. The van der Waals surface area contributed by atoms with Gasteiger partial charge in [-0.25, -0.2) is 17.9 Å². The SMILES string of the molecule is O=C(O)O.O=S(=O)(N[C@H]1C[C@@H]1c1ccccc1)c1ccc(C2=NOC(O)(C(F)(F)F)C2)s1. The topological polar surface area (TPSA) is 146 Å². The second-order valence-corrected chi connectivity index (χ2v) is 9.99. The lowest BCUT2D eigenvalue weighted by Crippen LogP contribution is -2.45. The van der Waals surface area contributed by atoms with Crippen LogP contribution in [-0.2, 0) is 14.9 Å². The summed E-state index contributed by atoms with van der Waals surface area (Å²) in [6, 6.07) is 12.0. The zero-order chi connectivity index (χ0) is 23.7. The van der Waals surface area contributed by atoms with Crippen LogP contribution < -0.4 is 4.72 Å². The number of carboxylic acid groups (broad SMARTS) is 2. The highest BCUT2D eigenvalue weighted by molar-refractivity contribution is 7.91. The summed E-state index contributed by atoms with van der Waals surface area (Å²) in [5.74, 6) is -3.29. The third kappa shape index (κ3) is 5.38. The van der Waals surface area contributed by atoms with Crippen molar-refractivity contribution in [2.45, 2.75) is 41.0 Å². The Morgan fingerprint density at radius 2 is 1.81 bits per heavy atom. The summed E-state index contributed by atoms with van der Waals surface area (Å²) in [7, 11) is -3.82. The van der Waals surface area contributed by atoms with Gasteiger partial charge >= 0.3 is 18.1 Å². The minimum atomic E-state index is -5.01. The lowest BCUT2D eigenvalue weighted by molar-refractivity contribution is -0.355. The van der Waals surface area contributed by atoms with E-state index >= 15 is 0 Å². The molecule has 4 rings (SSSR count). The maximum Gasteiger partial charge on any atom is 0.503 e. The molecule has 1 fully saturated rings. The molecule has 0 bridgehead atoms. The molecule has 0 radical (unpaired) electrons. The number of hydrogen-bond donors (Lipinski definition) is 4. The van der Waals surface area contributed by atoms with Crippen LogP contribution in [0.3, 0.4) is 0 Å².